The van der Waals surface area contributed by atoms with Gasteiger partial charge in [-0.15, -0.1) is 0 Å². The van der Waals surface area contributed by atoms with Crippen molar-refractivity contribution < 1.29 is 4.42 Å². The van der Waals surface area contributed by atoms with Crippen molar-refractivity contribution in [2.45, 2.75) is 0 Å². The van der Waals surface area contributed by atoms with Crippen LogP contribution in [0.1, 0.15) is 0 Å². The summed E-state index contributed by atoms with van der Waals surface area (Å²) in [5.41, 5.74) is 13.9. The maximum atomic E-state index is 6.44. The van der Waals surface area contributed by atoms with Crippen LogP contribution in [0, 0.1) is 0 Å². The Hall–Kier alpha value is -6.70. The first-order valence-corrected chi connectivity index (χ1v) is 17.5. The van der Waals surface area contributed by atoms with Crippen molar-refractivity contribution in [2.75, 3.05) is 0 Å². The minimum atomic E-state index is 0.900. The lowest BCUT2D eigenvalue weighted by Gasteiger charge is -2.21. The van der Waals surface area contributed by atoms with Crippen LogP contribution in [0.4, 0.5) is 0 Å². The zero-order valence-corrected chi connectivity index (χ0v) is 27.9. The summed E-state index contributed by atoms with van der Waals surface area (Å²) in [6, 6.07) is 70.0. The Labute approximate surface area is 296 Å². The molecule has 0 fully saturated rings. The lowest BCUT2D eigenvalue weighted by atomic mass is 9.81. The van der Waals surface area contributed by atoms with Gasteiger partial charge in [0.05, 0.1) is 0 Å². The molecule has 0 atom stereocenters. The first-order valence-electron chi connectivity index (χ1n) is 17.5. The van der Waals surface area contributed by atoms with Crippen LogP contribution in [0.2, 0.25) is 0 Å². The molecule has 1 heteroatoms. The van der Waals surface area contributed by atoms with E-state index in [2.05, 4.69) is 188 Å². The van der Waals surface area contributed by atoms with Gasteiger partial charge < -0.3 is 4.42 Å². The Morgan fingerprint density at radius 2 is 0.706 bits per heavy atom. The van der Waals surface area contributed by atoms with Gasteiger partial charge in [-0.1, -0.05) is 170 Å². The minimum absolute atomic E-state index is 0.900. The summed E-state index contributed by atoms with van der Waals surface area (Å²) in [6.07, 6.45) is 0. The fourth-order valence-corrected chi connectivity index (χ4v) is 7.98. The molecule has 9 aromatic carbocycles. The number of rotatable bonds is 5. The van der Waals surface area contributed by atoms with Crippen LogP contribution in [0.15, 0.2) is 199 Å². The number of hydrogen-bond acceptors (Lipinski definition) is 1. The molecule has 0 aliphatic heterocycles. The van der Waals surface area contributed by atoms with Crippen molar-refractivity contribution in [3.8, 4) is 55.6 Å². The summed E-state index contributed by atoms with van der Waals surface area (Å²) >= 11 is 0. The van der Waals surface area contributed by atoms with Crippen molar-refractivity contribution in [2.24, 2.45) is 0 Å². The molecule has 238 valence electrons. The quantitative estimate of drug-likeness (QED) is 0.169. The van der Waals surface area contributed by atoms with Gasteiger partial charge in [0.1, 0.15) is 11.2 Å². The molecule has 0 aliphatic rings. The van der Waals surface area contributed by atoms with Crippen molar-refractivity contribution in [3.05, 3.63) is 194 Å². The SMILES string of the molecule is c1ccc(-c2ccc(-c3cc4c(-c5ccccc5)c5ccccc5c(-c5cccc6oc7ccccc7c56)c4cc3-c3ccccc3)cc2)cc1. The largest absolute Gasteiger partial charge is 0.456 e. The van der Waals surface area contributed by atoms with Crippen LogP contribution in [0.5, 0.6) is 0 Å². The zero-order chi connectivity index (χ0) is 33.7. The second kappa shape index (κ2) is 12.0. The summed E-state index contributed by atoms with van der Waals surface area (Å²) in [5, 5.41) is 7.17. The fourth-order valence-electron chi connectivity index (χ4n) is 7.98. The summed E-state index contributed by atoms with van der Waals surface area (Å²) in [6.45, 7) is 0. The van der Waals surface area contributed by atoms with E-state index in [0.29, 0.717) is 0 Å². The van der Waals surface area contributed by atoms with Crippen molar-refractivity contribution in [3.63, 3.8) is 0 Å². The molecule has 0 aliphatic carbocycles. The van der Waals surface area contributed by atoms with Crippen LogP contribution < -0.4 is 0 Å². The van der Waals surface area contributed by atoms with Crippen molar-refractivity contribution in [1.82, 2.24) is 0 Å². The molecule has 0 radical (unpaired) electrons. The molecule has 0 spiro atoms. The average Bonchev–Trinajstić information content (AvgIpc) is 3.60. The second-order valence-corrected chi connectivity index (χ2v) is 13.2. The van der Waals surface area contributed by atoms with E-state index < -0.39 is 0 Å². The normalized spacial score (nSPS) is 11.5. The van der Waals surface area contributed by atoms with E-state index in [1.807, 2.05) is 6.07 Å². The predicted molar refractivity (Wildman–Crippen MR) is 216 cm³/mol. The Balaban J connectivity index is 1.36. The first kappa shape index (κ1) is 29.2. The molecule has 1 aromatic heterocycles. The van der Waals surface area contributed by atoms with Crippen LogP contribution >= 0.6 is 0 Å². The first-order chi connectivity index (χ1) is 25.3. The standard InChI is InChI=1S/C50H32O/c1-4-15-33(16-5-1)34-27-29-36(30-28-34)43-31-44-45(32-42(43)35-17-6-2-7-18-35)49(39-22-11-10-21-38(39)48(44)37-19-8-3-9-20-37)41-24-14-26-47-50(41)40-23-12-13-25-46(40)51-47/h1-32H. The second-order valence-electron chi connectivity index (χ2n) is 13.2. The van der Waals surface area contributed by atoms with Gasteiger partial charge in [-0.3, -0.25) is 0 Å². The summed E-state index contributed by atoms with van der Waals surface area (Å²) in [7, 11) is 0. The molecule has 0 unspecified atom stereocenters. The molecule has 1 heterocycles. The highest BCUT2D eigenvalue weighted by atomic mass is 16.3. The molecule has 0 bridgehead atoms. The zero-order valence-electron chi connectivity index (χ0n) is 27.9. The number of para-hydroxylation sites is 1. The van der Waals surface area contributed by atoms with Crippen molar-refractivity contribution in [1.29, 1.82) is 0 Å². The van der Waals surface area contributed by atoms with Gasteiger partial charge in [-0.25, -0.2) is 0 Å². The van der Waals surface area contributed by atoms with E-state index in [1.54, 1.807) is 0 Å². The Kier molecular flexibility index (Phi) is 6.89. The highest BCUT2D eigenvalue weighted by Gasteiger charge is 2.22. The van der Waals surface area contributed by atoms with Gasteiger partial charge in [-0.2, -0.15) is 0 Å². The highest BCUT2D eigenvalue weighted by molar-refractivity contribution is 6.26. The molecule has 10 aromatic rings. The Morgan fingerprint density at radius 1 is 0.255 bits per heavy atom. The maximum Gasteiger partial charge on any atom is 0.136 e. The number of furan rings is 1. The third-order valence-corrected chi connectivity index (χ3v) is 10.3. The molecule has 1 nitrogen and oxygen atoms in total. The van der Waals surface area contributed by atoms with Gasteiger partial charge >= 0.3 is 0 Å². The molecular weight excluding hydrogens is 617 g/mol. The topological polar surface area (TPSA) is 13.1 Å². The fraction of sp³-hybridized carbons (Fsp3) is 0. The van der Waals surface area contributed by atoms with Crippen LogP contribution in [-0.2, 0) is 0 Å². The summed E-state index contributed by atoms with van der Waals surface area (Å²) in [5.74, 6) is 0. The molecule has 0 saturated carbocycles. The van der Waals surface area contributed by atoms with Gasteiger partial charge in [0.15, 0.2) is 0 Å². The third kappa shape index (κ3) is 4.86. The number of benzene rings is 9. The minimum Gasteiger partial charge on any atom is -0.456 e. The van der Waals surface area contributed by atoms with Crippen LogP contribution in [0.3, 0.4) is 0 Å². The summed E-state index contributed by atoms with van der Waals surface area (Å²) < 4.78 is 6.44. The number of hydrogen-bond donors (Lipinski definition) is 0. The maximum absolute atomic E-state index is 6.44. The molecule has 0 amide bonds. The van der Waals surface area contributed by atoms with Gasteiger partial charge in [0.25, 0.3) is 0 Å². The highest BCUT2D eigenvalue weighted by Crippen LogP contribution is 2.49. The third-order valence-electron chi connectivity index (χ3n) is 10.3. The van der Waals surface area contributed by atoms with E-state index in [0.717, 1.165) is 21.9 Å². The van der Waals surface area contributed by atoms with Crippen LogP contribution in [-0.4, -0.2) is 0 Å². The predicted octanol–water partition coefficient (Wildman–Crippen LogP) is 14.2. The lowest BCUT2D eigenvalue weighted by Crippen LogP contribution is -1.94. The molecule has 0 N–H and O–H groups in total. The smallest absolute Gasteiger partial charge is 0.136 e. The van der Waals surface area contributed by atoms with Crippen molar-refractivity contribution >= 4 is 43.5 Å². The van der Waals surface area contributed by atoms with Gasteiger partial charge in [0.2, 0.25) is 0 Å². The molecular formula is C50H32O. The van der Waals surface area contributed by atoms with E-state index >= 15 is 0 Å². The van der Waals surface area contributed by atoms with Gasteiger partial charge in [-0.05, 0) is 101 Å². The molecule has 51 heavy (non-hydrogen) atoms. The summed E-state index contributed by atoms with van der Waals surface area (Å²) in [4.78, 5) is 0. The molecule has 10 rings (SSSR count). The lowest BCUT2D eigenvalue weighted by molar-refractivity contribution is 0.669. The van der Waals surface area contributed by atoms with E-state index in [4.69, 9.17) is 4.42 Å². The molecule has 0 saturated heterocycles. The average molecular weight is 649 g/mol. The van der Waals surface area contributed by atoms with Crippen LogP contribution in [0.25, 0.3) is 99.1 Å². The van der Waals surface area contributed by atoms with E-state index in [1.165, 1.54) is 77.2 Å². The van der Waals surface area contributed by atoms with Gasteiger partial charge in [0, 0.05) is 10.8 Å². The number of fused-ring (bicyclic) bond motifs is 5. The van der Waals surface area contributed by atoms with E-state index in [9.17, 15) is 0 Å². The Morgan fingerprint density at radius 3 is 1.37 bits per heavy atom. The van der Waals surface area contributed by atoms with E-state index in [-0.39, 0.29) is 0 Å². The Bertz CT molecular complexity index is 2860. The monoisotopic (exact) mass is 648 g/mol.